The summed E-state index contributed by atoms with van der Waals surface area (Å²) in [6, 6.07) is 10.8. The van der Waals surface area contributed by atoms with E-state index in [2.05, 4.69) is 22.0 Å². The van der Waals surface area contributed by atoms with Crippen LogP contribution < -0.4 is 16.0 Å². The molecule has 1 aliphatic heterocycles. The molecular formula is C22H30N4O5. The molecule has 1 fully saturated rings. The SMILES string of the molecule is COC(=O)C1CC(CC#N)(NC(=O)C(CC(C)C)OC(=O)NCc2ccccc2)CN1. The predicted molar refractivity (Wildman–Crippen MR) is 113 cm³/mol. The van der Waals surface area contributed by atoms with Gasteiger partial charge in [-0.3, -0.25) is 9.59 Å². The summed E-state index contributed by atoms with van der Waals surface area (Å²) in [5.74, 6) is -0.857. The molecule has 0 saturated carbocycles. The van der Waals surface area contributed by atoms with Crippen molar-refractivity contribution in [3.05, 3.63) is 35.9 Å². The summed E-state index contributed by atoms with van der Waals surface area (Å²) in [7, 11) is 1.29. The van der Waals surface area contributed by atoms with E-state index in [4.69, 9.17) is 9.47 Å². The summed E-state index contributed by atoms with van der Waals surface area (Å²) in [6.45, 7) is 4.35. The molecule has 3 N–H and O–H groups in total. The van der Waals surface area contributed by atoms with E-state index in [1.807, 2.05) is 44.2 Å². The molecular weight excluding hydrogens is 400 g/mol. The summed E-state index contributed by atoms with van der Waals surface area (Å²) in [4.78, 5) is 37.1. The zero-order valence-electron chi connectivity index (χ0n) is 18.1. The molecule has 0 aliphatic carbocycles. The lowest BCUT2D eigenvalue weighted by atomic mass is 9.91. The average Bonchev–Trinajstić information content (AvgIpc) is 3.15. The molecule has 0 spiro atoms. The Hall–Kier alpha value is -3.12. The number of carbonyl (C=O) groups excluding carboxylic acids is 3. The van der Waals surface area contributed by atoms with Crippen molar-refractivity contribution in [2.75, 3.05) is 13.7 Å². The largest absolute Gasteiger partial charge is 0.468 e. The molecule has 31 heavy (non-hydrogen) atoms. The zero-order valence-corrected chi connectivity index (χ0v) is 18.1. The van der Waals surface area contributed by atoms with E-state index >= 15 is 0 Å². The molecule has 3 unspecified atom stereocenters. The number of ether oxygens (including phenoxy) is 2. The van der Waals surface area contributed by atoms with Gasteiger partial charge in [0.05, 0.1) is 25.1 Å². The number of nitrogens with one attached hydrogen (secondary N) is 3. The van der Waals surface area contributed by atoms with Gasteiger partial charge in [-0.25, -0.2) is 4.79 Å². The van der Waals surface area contributed by atoms with Gasteiger partial charge in [-0.1, -0.05) is 44.2 Å². The molecule has 1 heterocycles. The molecule has 0 bridgehead atoms. The van der Waals surface area contributed by atoms with Gasteiger partial charge >= 0.3 is 12.1 Å². The molecule has 9 heteroatoms. The second-order valence-electron chi connectivity index (χ2n) is 8.13. The van der Waals surface area contributed by atoms with E-state index in [9.17, 15) is 19.6 Å². The third-order valence-corrected chi connectivity index (χ3v) is 5.08. The predicted octanol–water partition coefficient (Wildman–Crippen LogP) is 1.63. The van der Waals surface area contributed by atoms with Crippen LogP contribution in [0.15, 0.2) is 30.3 Å². The summed E-state index contributed by atoms with van der Waals surface area (Å²) in [5, 5.41) is 17.7. The van der Waals surface area contributed by atoms with Crippen LogP contribution in [0, 0.1) is 17.2 Å². The molecule has 0 radical (unpaired) electrons. The van der Waals surface area contributed by atoms with E-state index < -0.39 is 35.7 Å². The highest BCUT2D eigenvalue weighted by molar-refractivity contribution is 5.84. The van der Waals surface area contributed by atoms with Crippen molar-refractivity contribution in [2.24, 2.45) is 5.92 Å². The van der Waals surface area contributed by atoms with Crippen LogP contribution in [-0.2, 0) is 25.6 Å². The number of hydrogen-bond acceptors (Lipinski definition) is 7. The first-order valence-electron chi connectivity index (χ1n) is 10.3. The molecule has 1 aliphatic rings. The summed E-state index contributed by atoms with van der Waals surface area (Å²) < 4.78 is 10.2. The van der Waals surface area contributed by atoms with Crippen LogP contribution in [0.1, 0.15) is 38.7 Å². The van der Waals surface area contributed by atoms with E-state index in [-0.39, 0.29) is 31.8 Å². The van der Waals surface area contributed by atoms with Crippen molar-refractivity contribution in [1.29, 1.82) is 5.26 Å². The van der Waals surface area contributed by atoms with Gasteiger partial charge < -0.3 is 25.4 Å². The van der Waals surface area contributed by atoms with Crippen LogP contribution in [0.2, 0.25) is 0 Å². The third kappa shape index (κ3) is 7.26. The molecule has 168 valence electrons. The number of nitrogens with zero attached hydrogens (tertiary/aromatic N) is 1. The smallest absolute Gasteiger partial charge is 0.408 e. The standard InChI is InChI=1S/C22H30N4O5/c1-15(2)11-18(31-21(29)24-13-16-7-5-4-6-8-16)19(27)26-22(9-10-23)12-17(25-14-22)20(28)30-3/h4-8,15,17-18,25H,9,11-14H2,1-3H3,(H,24,29)(H,26,27). The Kier molecular flexibility index (Phi) is 8.82. The number of esters is 1. The normalized spacial score (nSPS) is 21.1. The van der Waals surface area contributed by atoms with E-state index in [1.165, 1.54) is 7.11 Å². The van der Waals surface area contributed by atoms with Gasteiger partial charge in [0.25, 0.3) is 5.91 Å². The first-order valence-corrected chi connectivity index (χ1v) is 10.3. The number of benzene rings is 1. The molecule has 1 aromatic rings. The number of hydrogen-bond donors (Lipinski definition) is 3. The lowest BCUT2D eigenvalue weighted by Gasteiger charge is -2.30. The minimum absolute atomic E-state index is 0.00777. The van der Waals surface area contributed by atoms with Crippen molar-refractivity contribution >= 4 is 18.0 Å². The molecule has 1 saturated heterocycles. The molecule has 3 atom stereocenters. The molecule has 2 amide bonds. The Morgan fingerprint density at radius 1 is 1.29 bits per heavy atom. The van der Waals surface area contributed by atoms with Crippen LogP contribution in [0.3, 0.4) is 0 Å². The Morgan fingerprint density at radius 2 is 2.00 bits per heavy atom. The lowest BCUT2D eigenvalue weighted by molar-refractivity contribution is -0.143. The molecule has 9 nitrogen and oxygen atoms in total. The Labute approximate surface area is 182 Å². The fourth-order valence-corrected chi connectivity index (χ4v) is 3.51. The van der Waals surface area contributed by atoms with Crippen LogP contribution in [0.4, 0.5) is 4.79 Å². The highest BCUT2D eigenvalue weighted by Gasteiger charge is 2.44. The first kappa shape index (κ1) is 24.2. The molecule has 1 aromatic carbocycles. The van der Waals surface area contributed by atoms with Crippen molar-refractivity contribution in [3.63, 3.8) is 0 Å². The van der Waals surface area contributed by atoms with Crippen LogP contribution >= 0.6 is 0 Å². The fraction of sp³-hybridized carbons (Fsp3) is 0.545. The number of carbonyl (C=O) groups is 3. The molecule has 0 aromatic heterocycles. The van der Waals surface area contributed by atoms with E-state index in [1.54, 1.807) is 0 Å². The number of amides is 2. The van der Waals surface area contributed by atoms with Crippen molar-refractivity contribution in [1.82, 2.24) is 16.0 Å². The van der Waals surface area contributed by atoms with Gasteiger partial charge in [0.2, 0.25) is 0 Å². The van der Waals surface area contributed by atoms with Gasteiger partial charge in [-0.05, 0) is 24.3 Å². The van der Waals surface area contributed by atoms with Crippen molar-refractivity contribution in [2.45, 2.75) is 57.3 Å². The average molecular weight is 431 g/mol. The quantitative estimate of drug-likeness (QED) is 0.508. The van der Waals surface area contributed by atoms with Crippen LogP contribution in [0.5, 0.6) is 0 Å². The highest BCUT2D eigenvalue weighted by atomic mass is 16.6. The maximum atomic E-state index is 13.0. The highest BCUT2D eigenvalue weighted by Crippen LogP contribution is 2.24. The fourth-order valence-electron chi connectivity index (χ4n) is 3.51. The number of alkyl carbamates (subject to hydrolysis) is 1. The monoisotopic (exact) mass is 430 g/mol. The summed E-state index contributed by atoms with van der Waals surface area (Å²) in [5.41, 5.74) is -0.0350. The van der Waals surface area contributed by atoms with Gasteiger partial charge in [-0.2, -0.15) is 5.26 Å². The van der Waals surface area contributed by atoms with Crippen molar-refractivity contribution < 1.29 is 23.9 Å². The topological polar surface area (TPSA) is 130 Å². The van der Waals surface area contributed by atoms with Crippen LogP contribution in [-0.4, -0.2) is 49.3 Å². The Balaban J connectivity index is 2.02. The van der Waals surface area contributed by atoms with Gasteiger partial charge in [0, 0.05) is 13.1 Å². The third-order valence-electron chi connectivity index (χ3n) is 5.08. The lowest BCUT2D eigenvalue weighted by Crippen LogP contribution is -2.54. The number of nitriles is 1. The number of methoxy groups -OCH3 is 1. The van der Waals surface area contributed by atoms with E-state index in [0.717, 1.165) is 5.56 Å². The zero-order chi connectivity index (χ0) is 22.9. The Morgan fingerprint density at radius 3 is 2.61 bits per heavy atom. The minimum Gasteiger partial charge on any atom is -0.468 e. The number of rotatable bonds is 9. The van der Waals surface area contributed by atoms with Crippen LogP contribution in [0.25, 0.3) is 0 Å². The van der Waals surface area contributed by atoms with E-state index in [0.29, 0.717) is 6.42 Å². The van der Waals surface area contributed by atoms with Gasteiger partial charge in [0.1, 0.15) is 6.04 Å². The second kappa shape index (κ2) is 11.3. The maximum absolute atomic E-state index is 13.0. The van der Waals surface area contributed by atoms with Crippen molar-refractivity contribution in [3.8, 4) is 6.07 Å². The van der Waals surface area contributed by atoms with Gasteiger partial charge in [-0.15, -0.1) is 0 Å². The first-order chi connectivity index (χ1) is 14.8. The molecule has 2 rings (SSSR count). The summed E-state index contributed by atoms with van der Waals surface area (Å²) in [6.07, 6.45) is -1.18. The maximum Gasteiger partial charge on any atom is 0.408 e. The Bertz CT molecular complexity index is 808. The second-order valence-corrected chi connectivity index (χ2v) is 8.13. The summed E-state index contributed by atoms with van der Waals surface area (Å²) >= 11 is 0. The minimum atomic E-state index is -1.02. The van der Waals surface area contributed by atoms with Gasteiger partial charge in [0.15, 0.2) is 6.10 Å².